The number of amides is 1. The van der Waals surface area contributed by atoms with E-state index in [1.165, 1.54) is 16.2 Å². The van der Waals surface area contributed by atoms with Gasteiger partial charge in [-0.2, -0.15) is 0 Å². The summed E-state index contributed by atoms with van der Waals surface area (Å²) in [6.07, 6.45) is 1.21. The Bertz CT molecular complexity index is 651. The van der Waals surface area contributed by atoms with Gasteiger partial charge in [-0.05, 0) is 7.05 Å². The average molecular weight is 323 g/mol. The van der Waals surface area contributed by atoms with Crippen molar-refractivity contribution >= 4 is 33.7 Å². The molecule has 0 aliphatic carbocycles. The van der Waals surface area contributed by atoms with E-state index >= 15 is 0 Å². The van der Waals surface area contributed by atoms with Crippen molar-refractivity contribution < 1.29 is 4.79 Å². The molecule has 1 aliphatic heterocycles. The number of aromatic nitrogens is 2. The first-order valence-corrected chi connectivity index (χ1v) is 8.44. The monoisotopic (exact) mass is 323 g/mol. The Kier molecular flexibility index (Phi) is 4.29. The summed E-state index contributed by atoms with van der Waals surface area (Å²) in [5, 5.41) is 6.29. The van der Waals surface area contributed by atoms with Crippen molar-refractivity contribution in [3.8, 4) is 0 Å². The molecule has 0 atom stereocenters. The van der Waals surface area contributed by atoms with E-state index in [9.17, 15) is 4.79 Å². The Labute approximate surface area is 131 Å². The zero-order valence-electron chi connectivity index (χ0n) is 11.8. The Morgan fingerprint density at radius 3 is 3.14 bits per heavy atom. The molecule has 0 spiro atoms. The number of nitrogens with one attached hydrogen (secondary N) is 1. The van der Waals surface area contributed by atoms with Crippen LogP contribution < -0.4 is 11.1 Å². The van der Waals surface area contributed by atoms with Crippen molar-refractivity contribution in [1.29, 1.82) is 0 Å². The Morgan fingerprint density at radius 2 is 2.38 bits per heavy atom. The van der Waals surface area contributed by atoms with Crippen LogP contribution in [0.2, 0.25) is 0 Å². The second-order valence-electron chi connectivity index (χ2n) is 5.04. The molecule has 0 saturated heterocycles. The van der Waals surface area contributed by atoms with Crippen LogP contribution in [-0.4, -0.2) is 34.4 Å². The van der Waals surface area contributed by atoms with Gasteiger partial charge in [0.15, 0.2) is 5.13 Å². The van der Waals surface area contributed by atoms with Gasteiger partial charge in [0, 0.05) is 36.3 Å². The van der Waals surface area contributed by atoms with Gasteiger partial charge in [0.1, 0.15) is 5.01 Å². The summed E-state index contributed by atoms with van der Waals surface area (Å²) < 4.78 is 0. The SMILES string of the molecule is CN1CCc2nc(NC(=O)Cc3csc(CN)n3)sc2C1. The average Bonchev–Trinajstić information content (AvgIpc) is 3.04. The fourth-order valence-corrected chi connectivity index (χ4v) is 4.01. The lowest BCUT2D eigenvalue weighted by molar-refractivity contribution is -0.115. The van der Waals surface area contributed by atoms with Crippen molar-refractivity contribution in [3.63, 3.8) is 0 Å². The molecule has 0 fully saturated rings. The number of carbonyl (C=O) groups excluding carboxylic acids is 1. The molecular weight excluding hydrogens is 306 g/mol. The minimum Gasteiger partial charge on any atom is -0.325 e. The number of nitrogens with zero attached hydrogens (tertiary/aromatic N) is 3. The molecule has 0 bridgehead atoms. The zero-order valence-corrected chi connectivity index (χ0v) is 13.4. The molecule has 0 radical (unpaired) electrons. The van der Waals surface area contributed by atoms with Gasteiger partial charge < -0.3 is 16.0 Å². The highest BCUT2D eigenvalue weighted by Gasteiger charge is 2.19. The minimum absolute atomic E-state index is 0.0803. The molecule has 3 N–H and O–H groups in total. The van der Waals surface area contributed by atoms with Gasteiger partial charge in [-0.3, -0.25) is 4.79 Å². The van der Waals surface area contributed by atoms with Gasteiger partial charge in [0.05, 0.1) is 17.8 Å². The lowest BCUT2D eigenvalue weighted by Crippen LogP contribution is -2.25. The van der Waals surface area contributed by atoms with Crippen molar-refractivity contribution in [1.82, 2.24) is 14.9 Å². The van der Waals surface area contributed by atoms with Crippen LogP contribution in [0.15, 0.2) is 5.38 Å². The van der Waals surface area contributed by atoms with E-state index in [4.69, 9.17) is 5.73 Å². The number of anilines is 1. The molecule has 0 saturated carbocycles. The van der Waals surface area contributed by atoms with E-state index in [0.717, 1.165) is 35.9 Å². The number of hydrogen-bond acceptors (Lipinski definition) is 7. The highest BCUT2D eigenvalue weighted by Crippen LogP contribution is 2.27. The molecule has 112 valence electrons. The van der Waals surface area contributed by atoms with Crippen LogP contribution >= 0.6 is 22.7 Å². The van der Waals surface area contributed by atoms with Gasteiger partial charge in [0.25, 0.3) is 0 Å². The highest BCUT2D eigenvalue weighted by atomic mass is 32.1. The maximum absolute atomic E-state index is 12.0. The summed E-state index contributed by atoms with van der Waals surface area (Å²) >= 11 is 3.05. The van der Waals surface area contributed by atoms with Crippen LogP contribution in [0, 0.1) is 0 Å². The quantitative estimate of drug-likeness (QED) is 0.884. The summed E-state index contributed by atoms with van der Waals surface area (Å²) in [6, 6.07) is 0. The van der Waals surface area contributed by atoms with E-state index in [1.807, 2.05) is 5.38 Å². The molecule has 6 nitrogen and oxygen atoms in total. The summed E-state index contributed by atoms with van der Waals surface area (Å²) in [5.74, 6) is -0.0803. The second-order valence-corrected chi connectivity index (χ2v) is 7.06. The van der Waals surface area contributed by atoms with Crippen LogP contribution in [0.1, 0.15) is 21.3 Å². The molecule has 1 amide bonds. The summed E-state index contributed by atoms with van der Waals surface area (Å²) in [6.45, 7) is 2.35. The van der Waals surface area contributed by atoms with Crippen LogP contribution in [0.5, 0.6) is 0 Å². The standard InChI is InChI=1S/C13H17N5OS2/c1-18-3-2-9-10(6-18)21-13(16-9)17-11(19)4-8-7-20-12(5-14)15-8/h7H,2-6,14H2,1H3,(H,16,17,19). The molecule has 8 heteroatoms. The van der Waals surface area contributed by atoms with Gasteiger partial charge >= 0.3 is 0 Å². The largest absolute Gasteiger partial charge is 0.325 e. The first kappa shape index (κ1) is 14.6. The zero-order chi connectivity index (χ0) is 14.8. The number of carbonyl (C=O) groups is 1. The van der Waals surface area contributed by atoms with E-state index in [1.54, 1.807) is 11.3 Å². The summed E-state index contributed by atoms with van der Waals surface area (Å²) in [5.41, 5.74) is 7.40. The van der Waals surface area contributed by atoms with Gasteiger partial charge in [-0.25, -0.2) is 9.97 Å². The second kappa shape index (κ2) is 6.18. The van der Waals surface area contributed by atoms with E-state index in [2.05, 4.69) is 27.2 Å². The lowest BCUT2D eigenvalue weighted by atomic mass is 10.2. The first-order chi connectivity index (χ1) is 10.1. The van der Waals surface area contributed by atoms with Gasteiger partial charge in [-0.15, -0.1) is 22.7 Å². The lowest BCUT2D eigenvalue weighted by Gasteiger charge is -2.20. The van der Waals surface area contributed by atoms with Crippen LogP contribution in [0.4, 0.5) is 5.13 Å². The fourth-order valence-electron chi connectivity index (χ4n) is 2.23. The maximum Gasteiger partial charge on any atom is 0.232 e. The topological polar surface area (TPSA) is 84.1 Å². The Hall–Kier alpha value is -1.35. The third-order valence-corrected chi connectivity index (χ3v) is 5.20. The molecule has 3 rings (SSSR count). The van der Waals surface area contributed by atoms with E-state index in [-0.39, 0.29) is 12.3 Å². The third-order valence-electron chi connectivity index (χ3n) is 3.28. The number of nitrogens with two attached hydrogens (primary N) is 1. The Morgan fingerprint density at radius 1 is 1.52 bits per heavy atom. The molecule has 21 heavy (non-hydrogen) atoms. The molecular formula is C13H17N5OS2. The first-order valence-electron chi connectivity index (χ1n) is 6.74. The van der Waals surface area contributed by atoms with Crippen molar-refractivity contribution in [2.24, 2.45) is 5.73 Å². The minimum atomic E-state index is -0.0803. The number of likely N-dealkylation sites (N-methyl/N-ethyl adjacent to an activating group) is 1. The maximum atomic E-state index is 12.0. The number of fused-ring (bicyclic) bond motifs is 1. The summed E-state index contributed by atoms with van der Waals surface area (Å²) in [7, 11) is 2.10. The van der Waals surface area contributed by atoms with Crippen LogP contribution in [0.25, 0.3) is 0 Å². The van der Waals surface area contributed by atoms with Gasteiger partial charge in [-0.1, -0.05) is 0 Å². The predicted molar refractivity (Wildman–Crippen MR) is 84.5 cm³/mol. The molecule has 3 heterocycles. The molecule has 2 aromatic rings. The third kappa shape index (κ3) is 3.46. The number of thiazole rings is 2. The summed E-state index contributed by atoms with van der Waals surface area (Å²) in [4.78, 5) is 24.3. The molecule has 0 aromatic carbocycles. The van der Waals surface area contributed by atoms with Gasteiger partial charge in [0.2, 0.25) is 5.91 Å². The smallest absolute Gasteiger partial charge is 0.232 e. The molecule has 2 aromatic heterocycles. The Balaban J connectivity index is 1.62. The van der Waals surface area contributed by atoms with Crippen molar-refractivity contribution in [2.75, 3.05) is 18.9 Å². The van der Waals surface area contributed by atoms with E-state index in [0.29, 0.717) is 11.7 Å². The van der Waals surface area contributed by atoms with Crippen molar-refractivity contribution in [3.05, 3.63) is 26.7 Å². The number of hydrogen-bond donors (Lipinski definition) is 2. The highest BCUT2D eigenvalue weighted by molar-refractivity contribution is 7.15. The normalized spacial score (nSPS) is 15.0. The fraction of sp³-hybridized carbons (Fsp3) is 0.462. The van der Waals surface area contributed by atoms with E-state index < -0.39 is 0 Å². The van der Waals surface area contributed by atoms with Crippen LogP contribution in [0.3, 0.4) is 0 Å². The predicted octanol–water partition coefficient (Wildman–Crippen LogP) is 1.23. The van der Waals surface area contributed by atoms with Crippen LogP contribution in [-0.2, 0) is 30.7 Å². The molecule has 1 aliphatic rings. The number of rotatable bonds is 4. The van der Waals surface area contributed by atoms with Crippen molar-refractivity contribution in [2.45, 2.75) is 25.9 Å². The molecule has 0 unspecified atom stereocenters.